The standard InChI is InChI=1S/2C16H36N.2C12H8N2O4.2CNS.Ru/c2*1-5-9-13-17(14-10-6-2,15-11-7-3)16-12-8-4;2*15-11(16)7-1-3-13-9(5-7)10-6-8(12(17)18)2-4-14-10;2*2-1-3;/h2*5-16H2,1-4H3;2*1-6H,(H,15,16)(H,17,18);;;/q2*+1;;;2*-1;. The van der Waals surface area contributed by atoms with Crippen LogP contribution in [0.3, 0.4) is 0 Å². The summed E-state index contributed by atoms with van der Waals surface area (Å²) in [6, 6.07) is 10.8. The largest absolute Gasteiger partial charge is 0.753 e. The van der Waals surface area contributed by atoms with Crippen LogP contribution in [0.4, 0.5) is 0 Å². The van der Waals surface area contributed by atoms with Crippen LogP contribution >= 0.6 is 24.4 Å². The molecule has 0 unspecified atom stereocenters. The Labute approximate surface area is 483 Å². The van der Waals surface area contributed by atoms with Crippen LogP contribution in [0.15, 0.2) is 73.3 Å². The minimum atomic E-state index is -1.08. The Hall–Kier alpha value is -5.38. The number of pyridine rings is 4. The number of hydrogen-bond donors (Lipinski definition) is 4. The van der Waals surface area contributed by atoms with Crippen molar-refractivity contribution in [2.75, 3.05) is 52.4 Å². The molecule has 0 amide bonds. The molecule has 0 spiro atoms. The Morgan fingerprint density at radius 3 is 0.649 bits per heavy atom. The van der Waals surface area contributed by atoms with Crippen molar-refractivity contribution in [2.45, 2.75) is 158 Å². The van der Waals surface area contributed by atoms with Gasteiger partial charge in [-0.05, 0) is 99.9 Å². The van der Waals surface area contributed by atoms with Gasteiger partial charge in [0.1, 0.15) is 0 Å². The van der Waals surface area contributed by atoms with Gasteiger partial charge in [-0.2, -0.15) is 10.3 Å². The fraction of sp³-hybridized carbons (Fsp3) is 0.552. The molecule has 4 aromatic heterocycles. The fourth-order valence-corrected chi connectivity index (χ4v) is 8.10. The molecule has 4 heterocycles. The summed E-state index contributed by atoms with van der Waals surface area (Å²) in [7, 11) is 0. The van der Waals surface area contributed by atoms with Crippen molar-refractivity contribution in [3.05, 3.63) is 106 Å². The van der Waals surface area contributed by atoms with Crippen LogP contribution in [0, 0.1) is 0 Å². The average molecular weight is 1190 g/mol. The van der Waals surface area contributed by atoms with Crippen LogP contribution in [0.1, 0.15) is 200 Å². The van der Waals surface area contributed by atoms with E-state index in [1.807, 2.05) is 0 Å². The second-order valence-corrected chi connectivity index (χ2v) is 18.8. The Bertz CT molecular complexity index is 1970. The van der Waals surface area contributed by atoms with E-state index < -0.39 is 23.9 Å². The molecule has 0 aliphatic heterocycles. The van der Waals surface area contributed by atoms with Gasteiger partial charge in [-0.1, -0.05) is 131 Å². The smallest absolute Gasteiger partial charge is 0.335 e. The van der Waals surface area contributed by atoms with E-state index in [0.717, 1.165) is 0 Å². The molecular weight excluding hydrogens is 1100 g/mol. The zero-order chi connectivity index (χ0) is 57.6. The number of nitrogens with zero attached hydrogens (tertiary/aromatic N) is 8. The van der Waals surface area contributed by atoms with Crippen molar-refractivity contribution in [1.29, 1.82) is 0 Å². The summed E-state index contributed by atoms with van der Waals surface area (Å²) in [5.74, 6) is -4.30. The third kappa shape index (κ3) is 34.2. The molecule has 19 heteroatoms. The minimum absolute atomic E-state index is 0. The zero-order valence-corrected chi connectivity index (χ0v) is 50.4. The van der Waals surface area contributed by atoms with Crippen LogP contribution in [0.5, 0.6) is 0 Å². The van der Waals surface area contributed by atoms with Crippen LogP contribution in [0.2, 0.25) is 0 Å². The summed E-state index contributed by atoms with van der Waals surface area (Å²) in [6.07, 6.45) is 27.5. The van der Waals surface area contributed by atoms with Gasteiger partial charge >= 0.3 is 23.9 Å². The number of carboxylic acids is 4. The number of thiocarbonyl (C=S) groups is 2. The van der Waals surface area contributed by atoms with Crippen molar-refractivity contribution in [3.8, 4) is 22.8 Å². The molecule has 0 saturated carbocycles. The second-order valence-electron chi connectivity index (χ2n) is 18.4. The van der Waals surface area contributed by atoms with Crippen molar-refractivity contribution in [2.24, 2.45) is 0 Å². The normalized spacial score (nSPS) is 10.2. The van der Waals surface area contributed by atoms with Crippen LogP contribution in [0.25, 0.3) is 33.6 Å². The number of isothiocyanates is 2. The first-order valence-corrected chi connectivity index (χ1v) is 27.8. The quantitative estimate of drug-likeness (QED) is 0.0164. The average Bonchev–Trinajstić information content (AvgIpc) is 3.43. The van der Waals surface area contributed by atoms with Crippen LogP contribution in [-0.4, -0.2) is 136 Å². The van der Waals surface area contributed by atoms with Crippen molar-refractivity contribution in [1.82, 2.24) is 19.9 Å². The first-order valence-electron chi connectivity index (χ1n) is 27.0. The summed E-state index contributed by atoms with van der Waals surface area (Å²) >= 11 is 7.40. The number of aromatic carboxylic acids is 4. The van der Waals surface area contributed by atoms with Gasteiger partial charge in [-0.25, -0.2) is 19.2 Å². The molecule has 0 radical (unpaired) electrons. The van der Waals surface area contributed by atoms with E-state index in [2.05, 4.69) is 99.8 Å². The summed E-state index contributed by atoms with van der Waals surface area (Å²) < 4.78 is 2.84. The number of aromatic nitrogens is 4. The number of hydrogen-bond acceptors (Lipinski definition) is 10. The van der Waals surface area contributed by atoms with Gasteiger partial charge in [0.25, 0.3) is 0 Å². The maximum atomic E-state index is 10.8. The molecule has 16 nitrogen and oxygen atoms in total. The van der Waals surface area contributed by atoms with E-state index in [4.69, 9.17) is 31.2 Å². The van der Waals surface area contributed by atoms with Crippen molar-refractivity contribution < 1.29 is 68.0 Å². The summed E-state index contributed by atoms with van der Waals surface area (Å²) in [4.78, 5) is 59.2. The third-order valence-electron chi connectivity index (χ3n) is 12.4. The number of carbonyl (C=O) groups is 4. The Balaban J connectivity index is -0.000000911. The molecular formula is C58H88N8O8RuS2. The van der Waals surface area contributed by atoms with E-state index in [1.165, 1.54) is 248 Å². The number of quaternary nitrogens is 2. The number of carboxylic acid groups (broad SMARTS) is 4. The molecule has 77 heavy (non-hydrogen) atoms. The predicted octanol–water partition coefficient (Wildman–Crippen LogP) is 14.4. The van der Waals surface area contributed by atoms with Crippen molar-refractivity contribution >= 4 is 58.6 Å². The molecule has 0 aliphatic carbocycles. The SMILES string of the molecule is CCCC[N+](CCCC)(CCCC)CCCC.CCCC[N+](CCCC)(CCCC)CCCC.O=C(O)c1ccnc(-c2cc(C(=O)O)ccn2)c1.O=C(O)c1ccnc(-c2cc(C(=O)O)ccn2)c1.[N-]=C=S.[N-]=C=S.[Ru]. The molecule has 4 N–H and O–H groups in total. The molecule has 4 rings (SSSR count). The van der Waals surface area contributed by atoms with E-state index in [9.17, 15) is 19.2 Å². The minimum Gasteiger partial charge on any atom is -0.753 e. The monoisotopic (exact) mass is 1190 g/mol. The predicted molar refractivity (Wildman–Crippen MR) is 313 cm³/mol. The van der Waals surface area contributed by atoms with E-state index in [-0.39, 0.29) is 41.7 Å². The van der Waals surface area contributed by atoms with Crippen LogP contribution in [-0.2, 0) is 19.5 Å². The maximum Gasteiger partial charge on any atom is 0.335 e. The zero-order valence-electron chi connectivity index (χ0n) is 47.1. The Morgan fingerprint density at radius 2 is 0.532 bits per heavy atom. The van der Waals surface area contributed by atoms with Crippen LogP contribution < -0.4 is 0 Å². The molecule has 0 atom stereocenters. The summed E-state index contributed by atoms with van der Waals surface area (Å²) in [6.45, 7) is 30.0. The van der Waals surface area contributed by atoms with Gasteiger partial charge in [0, 0.05) is 44.3 Å². The second kappa shape index (κ2) is 47.8. The molecule has 428 valence electrons. The molecule has 0 aromatic carbocycles. The number of rotatable bonds is 30. The third-order valence-corrected chi connectivity index (χ3v) is 12.4. The Kier molecular flexibility index (Phi) is 47.1. The number of unbranched alkanes of at least 4 members (excludes halogenated alkanes) is 8. The molecule has 0 saturated heterocycles. The topological polar surface area (TPSA) is 245 Å². The van der Waals surface area contributed by atoms with E-state index in [1.54, 1.807) is 0 Å². The van der Waals surface area contributed by atoms with Gasteiger partial charge in [-0.3, -0.25) is 19.9 Å². The van der Waals surface area contributed by atoms with E-state index in [0.29, 0.717) is 22.8 Å². The maximum absolute atomic E-state index is 10.8. The van der Waals surface area contributed by atoms with Crippen molar-refractivity contribution in [3.63, 3.8) is 0 Å². The van der Waals surface area contributed by atoms with Gasteiger partial charge in [0.15, 0.2) is 0 Å². The Morgan fingerprint density at radius 1 is 0.390 bits per heavy atom. The first kappa shape index (κ1) is 75.9. The van der Waals surface area contributed by atoms with Gasteiger partial charge < -0.3 is 40.2 Å². The van der Waals surface area contributed by atoms with Gasteiger partial charge in [0.2, 0.25) is 0 Å². The first-order chi connectivity index (χ1) is 36.5. The van der Waals surface area contributed by atoms with E-state index >= 15 is 0 Å². The summed E-state index contributed by atoms with van der Waals surface area (Å²) in [5.41, 5.74) is 1.56. The molecule has 0 fully saturated rings. The summed E-state index contributed by atoms with van der Waals surface area (Å²) in [5, 5.41) is 52.4. The molecule has 4 aromatic rings. The fourth-order valence-electron chi connectivity index (χ4n) is 8.10. The van der Waals surface area contributed by atoms with Gasteiger partial charge in [-0.15, -0.1) is 0 Å². The molecule has 0 bridgehead atoms. The molecule has 0 aliphatic rings. The van der Waals surface area contributed by atoms with Gasteiger partial charge in [0.05, 0.1) is 97.4 Å².